The minimum Gasteiger partial charge on any atom is -0.497 e. The van der Waals surface area contributed by atoms with Gasteiger partial charge in [-0.15, -0.1) is 0 Å². The molecule has 0 spiro atoms. The number of hydrogen-bond donors (Lipinski definition) is 2. The van der Waals surface area contributed by atoms with Crippen LogP contribution >= 0.6 is 11.3 Å². The molecule has 6 nitrogen and oxygen atoms in total. The Balaban J connectivity index is 1.71. The van der Waals surface area contributed by atoms with Crippen molar-refractivity contribution in [2.75, 3.05) is 17.7 Å². The number of ether oxygens (including phenoxy) is 1. The molecule has 2 N–H and O–H groups in total. The normalized spacial score (nSPS) is 10.3. The number of thiazole rings is 1. The van der Waals surface area contributed by atoms with Crippen LogP contribution in [0.3, 0.4) is 0 Å². The molecule has 1 aromatic heterocycles. The standard InChI is InChI=1S/C20H19N3O3S/c1-12-5-4-6-14(11-12)18(24)23-20-21-13(2)17(27-20)19(25)22-15-7-9-16(26-3)10-8-15/h4-11H,1-3H3,(H,22,25)(H,21,23,24). The van der Waals surface area contributed by atoms with Crippen LogP contribution in [0.15, 0.2) is 48.5 Å². The summed E-state index contributed by atoms with van der Waals surface area (Å²) in [4.78, 5) is 29.6. The molecule has 0 atom stereocenters. The summed E-state index contributed by atoms with van der Waals surface area (Å²) >= 11 is 1.14. The molecule has 0 saturated heterocycles. The number of nitrogens with zero attached hydrogens (tertiary/aromatic N) is 1. The molecule has 0 aliphatic heterocycles. The summed E-state index contributed by atoms with van der Waals surface area (Å²) in [6.07, 6.45) is 0. The van der Waals surface area contributed by atoms with Gasteiger partial charge in [0, 0.05) is 11.3 Å². The molecule has 2 amide bonds. The third kappa shape index (κ3) is 4.51. The summed E-state index contributed by atoms with van der Waals surface area (Å²) in [5, 5.41) is 5.96. The number of rotatable bonds is 5. The highest BCUT2D eigenvalue weighted by molar-refractivity contribution is 7.17. The monoisotopic (exact) mass is 381 g/mol. The van der Waals surface area contributed by atoms with Crippen LogP contribution in [0.25, 0.3) is 0 Å². The maximum atomic E-state index is 12.5. The fourth-order valence-corrected chi connectivity index (χ4v) is 3.34. The van der Waals surface area contributed by atoms with Gasteiger partial charge in [0.15, 0.2) is 5.13 Å². The van der Waals surface area contributed by atoms with E-state index in [1.807, 2.05) is 19.1 Å². The Kier molecular flexibility index (Phi) is 5.52. The van der Waals surface area contributed by atoms with Gasteiger partial charge in [0.05, 0.1) is 12.8 Å². The van der Waals surface area contributed by atoms with Gasteiger partial charge in [-0.2, -0.15) is 0 Å². The van der Waals surface area contributed by atoms with Gasteiger partial charge < -0.3 is 10.1 Å². The Bertz CT molecular complexity index is 980. The Labute approximate surface area is 161 Å². The third-order valence-electron chi connectivity index (χ3n) is 3.85. The van der Waals surface area contributed by atoms with Crippen molar-refractivity contribution in [2.24, 2.45) is 0 Å². The van der Waals surface area contributed by atoms with Gasteiger partial charge in [-0.05, 0) is 50.2 Å². The molecule has 0 saturated carbocycles. The van der Waals surface area contributed by atoms with E-state index in [2.05, 4.69) is 15.6 Å². The summed E-state index contributed by atoms with van der Waals surface area (Å²) in [7, 11) is 1.58. The Hall–Kier alpha value is -3.19. The van der Waals surface area contributed by atoms with Crippen molar-refractivity contribution in [3.8, 4) is 5.75 Å². The number of carbonyl (C=O) groups is 2. The van der Waals surface area contributed by atoms with Gasteiger partial charge in [-0.1, -0.05) is 29.0 Å². The molecular formula is C20H19N3O3S. The number of carbonyl (C=O) groups excluding carboxylic acids is 2. The van der Waals surface area contributed by atoms with E-state index in [-0.39, 0.29) is 11.8 Å². The molecular weight excluding hydrogens is 362 g/mol. The molecule has 2 aromatic carbocycles. The van der Waals surface area contributed by atoms with E-state index in [1.165, 1.54) is 0 Å². The maximum absolute atomic E-state index is 12.5. The zero-order chi connectivity index (χ0) is 19.4. The SMILES string of the molecule is COc1ccc(NC(=O)c2sc(NC(=O)c3cccc(C)c3)nc2C)cc1. The lowest BCUT2D eigenvalue weighted by Gasteiger charge is -2.05. The second kappa shape index (κ2) is 8.01. The summed E-state index contributed by atoms with van der Waals surface area (Å²) in [6, 6.07) is 14.3. The van der Waals surface area contributed by atoms with E-state index in [1.54, 1.807) is 50.4 Å². The summed E-state index contributed by atoms with van der Waals surface area (Å²) in [5.74, 6) is 0.184. The molecule has 0 aliphatic carbocycles. The minimum absolute atomic E-state index is 0.255. The summed E-state index contributed by atoms with van der Waals surface area (Å²) in [5.41, 5.74) is 2.76. The molecule has 1 heterocycles. The van der Waals surface area contributed by atoms with Crippen LogP contribution in [0.2, 0.25) is 0 Å². The third-order valence-corrected chi connectivity index (χ3v) is 4.92. The van der Waals surface area contributed by atoms with Gasteiger partial charge in [-0.25, -0.2) is 4.98 Å². The van der Waals surface area contributed by atoms with Crippen LogP contribution in [0.1, 0.15) is 31.3 Å². The van der Waals surface area contributed by atoms with Crippen LogP contribution < -0.4 is 15.4 Å². The second-order valence-electron chi connectivity index (χ2n) is 5.94. The van der Waals surface area contributed by atoms with E-state index >= 15 is 0 Å². The summed E-state index contributed by atoms with van der Waals surface area (Å²) in [6.45, 7) is 3.66. The van der Waals surface area contributed by atoms with Crippen molar-refractivity contribution in [3.05, 3.63) is 70.2 Å². The molecule has 0 aliphatic rings. The minimum atomic E-state index is -0.272. The highest BCUT2D eigenvalue weighted by Crippen LogP contribution is 2.25. The van der Waals surface area contributed by atoms with Crippen molar-refractivity contribution in [2.45, 2.75) is 13.8 Å². The highest BCUT2D eigenvalue weighted by Gasteiger charge is 2.17. The molecule has 3 aromatic rings. The largest absolute Gasteiger partial charge is 0.497 e. The van der Waals surface area contributed by atoms with Crippen LogP contribution in [0, 0.1) is 13.8 Å². The van der Waals surface area contributed by atoms with Gasteiger partial charge >= 0.3 is 0 Å². The van der Waals surface area contributed by atoms with E-state index in [4.69, 9.17) is 4.74 Å². The lowest BCUT2D eigenvalue weighted by molar-refractivity contribution is 0.102. The molecule has 7 heteroatoms. The molecule has 3 rings (SSSR count). The van der Waals surface area contributed by atoms with Crippen LogP contribution in [-0.2, 0) is 0 Å². The summed E-state index contributed by atoms with van der Waals surface area (Å²) < 4.78 is 5.10. The average molecular weight is 381 g/mol. The molecule has 0 unspecified atom stereocenters. The van der Waals surface area contributed by atoms with E-state index in [9.17, 15) is 9.59 Å². The Morgan fingerprint density at radius 2 is 1.74 bits per heavy atom. The number of aromatic nitrogens is 1. The van der Waals surface area contributed by atoms with Gasteiger partial charge in [0.2, 0.25) is 0 Å². The highest BCUT2D eigenvalue weighted by atomic mass is 32.1. The van der Waals surface area contributed by atoms with E-state index in [0.29, 0.717) is 32.7 Å². The van der Waals surface area contributed by atoms with Crippen molar-refractivity contribution < 1.29 is 14.3 Å². The van der Waals surface area contributed by atoms with Gasteiger partial charge in [0.1, 0.15) is 10.6 Å². The van der Waals surface area contributed by atoms with Crippen LogP contribution in [0.5, 0.6) is 5.75 Å². The molecule has 0 bridgehead atoms. The first kappa shape index (κ1) is 18.6. The number of nitrogens with one attached hydrogen (secondary N) is 2. The number of amides is 2. The molecule has 27 heavy (non-hydrogen) atoms. The first-order chi connectivity index (χ1) is 13.0. The number of methoxy groups -OCH3 is 1. The van der Waals surface area contributed by atoms with Crippen LogP contribution in [0.4, 0.5) is 10.8 Å². The van der Waals surface area contributed by atoms with E-state index < -0.39 is 0 Å². The predicted octanol–water partition coefficient (Wildman–Crippen LogP) is 4.27. The van der Waals surface area contributed by atoms with Crippen molar-refractivity contribution in [1.82, 2.24) is 4.98 Å². The average Bonchev–Trinajstić information content (AvgIpc) is 3.02. The molecule has 138 valence electrons. The second-order valence-corrected chi connectivity index (χ2v) is 6.94. The van der Waals surface area contributed by atoms with Crippen molar-refractivity contribution >= 4 is 34.0 Å². The fraction of sp³-hybridized carbons (Fsp3) is 0.150. The zero-order valence-corrected chi connectivity index (χ0v) is 16.0. The lowest BCUT2D eigenvalue weighted by atomic mass is 10.1. The lowest BCUT2D eigenvalue weighted by Crippen LogP contribution is -2.11. The Morgan fingerprint density at radius 1 is 1.00 bits per heavy atom. The Morgan fingerprint density at radius 3 is 2.41 bits per heavy atom. The molecule has 0 fully saturated rings. The first-order valence-electron chi connectivity index (χ1n) is 8.27. The maximum Gasteiger partial charge on any atom is 0.267 e. The first-order valence-corrected chi connectivity index (χ1v) is 9.09. The van der Waals surface area contributed by atoms with Gasteiger partial charge in [0.25, 0.3) is 11.8 Å². The van der Waals surface area contributed by atoms with Gasteiger partial charge in [-0.3, -0.25) is 14.9 Å². The van der Waals surface area contributed by atoms with Crippen molar-refractivity contribution in [3.63, 3.8) is 0 Å². The number of hydrogen-bond acceptors (Lipinski definition) is 5. The zero-order valence-electron chi connectivity index (χ0n) is 15.2. The molecule has 0 radical (unpaired) electrons. The quantitative estimate of drug-likeness (QED) is 0.691. The van der Waals surface area contributed by atoms with Crippen LogP contribution in [-0.4, -0.2) is 23.9 Å². The topological polar surface area (TPSA) is 80.3 Å². The number of aryl methyl sites for hydroxylation is 2. The fourth-order valence-electron chi connectivity index (χ4n) is 2.48. The number of benzene rings is 2. The number of anilines is 2. The van der Waals surface area contributed by atoms with E-state index in [0.717, 1.165) is 16.9 Å². The predicted molar refractivity (Wildman–Crippen MR) is 107 cm³/mol. The van der Waals surface area contributed by atoms with Crippen molar-refractivity contribution in [1.29, 1.82) is 0 Å². The smallest absolute Gasteiger partial charge is 0.267 e.